The molecule has 0 saturated carbocycles. The van der Waals surface area contributed by atoms with Gasteiger partial charge in [-0.25, -0.2) is 4.79 Å². The summed E-state index contributed by atoms with van der Waals surface area (Å²) in [4.78, 5) is 25.6. The van der Waals surface area contributed by atoms with Crippen molar-refractivity contribution in [3.8, 4) is 0 Å². The molecule has 3 amide bonds. The van der Waals surface area contributed by atoms with Crippen LogP contribution >= 0.6 is 11.8 Å². The fourth-order valence-electron chi connectivity index (χ4n) is 2.36. The summed E-state index contributed by atoms with van der Waals surface area (Å²) in [5, 5.41) is 11.5. The van der Waals surface area contributed by atoms with Crippen LogP contribution in [0.2, 0.25) is 0 Å². The molecule has 1 aromatic carbocycles. The van der Waals surface area contributed by atoms with Gasteiger partial charge < -0.3 is 0 Å². The van der Waals surface area contributed by atoms with Crippen molar-refractivity contribution in [3.05, 3.63) is 41.3 Å². The van der Waals surface area contributed by atoms with Gasteiger partial charge in [-0.1, -0.05) is 23.8 Å². The number of hydrogen-bond donors (Lipinski definition) is 1. The third-order valence-corrected chi connectivity index (χ3v) is 4.59. The van der Waals surface area contributed by atoms with Crippen molar-refractivity contribution < 1.29 is 14.8 Å². The van der Waals surface area contributed by atoms with Gasteiger partial charge in [0.05, 0.1) is 5.92 Å². The fraction of sp³-hybridized carbons (Fsp3) is 0.231. The summed E-state index contributed by atoms with van der Waals surface area (Å²) < 4.78 is 0. The summed E-state index contributed by atoms with van der Waals surface area (Å²) in [5.41, 5.74) is 1.54. The maximum absolute atomic E-state index is 12.1. The number of hydrogen-bond acceptors (Lipinski definition) is 4. The highest BCUT2D eigenvalue weighted by atomic mass is 32.2. The van der Waals surface area contributed by atoms with Crippen LogP contribution in [-0.4, -0.2) is 27.6 Å². The van der Waals surface area contributed by atoms with Gasteiger partial charge in [-0.2, -0.15) is 0 Å². The van der Waals surface area contributed by atoms with Gasteiger partial charge in [0.25, 0.3) is 5.91 Å². The first-order valence-electron chi connectivity index (χ1n) is 5.84. The smallest absolute Gasteiger partial charge is 0.278 e. The Hall–Kier alpha value is -1.79. The molecule has 1 N–H and O–H groups in total. The monoisotopic (exact) mass is 276 g/mol. The van der Waals surface area contributed by atoms with E-state index >= 15 is 0 Å². The summed E-state index contributed by atoms with van der Waals surface area (Å²) >= 11 is 1.43. The van der Waals surface area contributed by atoms with E-state index in [0.29, 0.717) is 5.69 Å². The third-order valence-electron chi connectivity index (χ3n) is 3.32. The molecule has 3 rings (SSSR count). The number of amides is 3. The Morgan fingerprint density at radius 1 is 1.21 bits per heavy atom. The van der Waals surface area contributed by atoms with Crippen LogP contribution in [0, 0.1) is 5.92 Å². The predicted octanol–water partition coefficient (Wildman–Crippen LogP) is 2.44. The number of carbonyl (C=O) groups excluding carboxylic acids is 2. The van der Waals surface area contributed by atoms with E-state index in [9.17, 15) is 14.8 Å². The Morgan fingerprint density at radius 2 is 1.89 bits per heavy atom. The molecule has 19 heavy (non-hydrogen) atoms. The summed E-state index contributed by atoms with van der Waals surface area (Å²) in [7, 11) is 0. The number of fused-ring (bicyclic) bond motifs is 1. The molecule has 98 valence electrons. The van der Waals surface area contributed by atoms with Crippen LogP contribution in [0.5, 0.6) is 0 Å². The van der Waals surface area contributed by atoms with E-state index in [0.717, 1.165) is 5.57 Å². The molecular weight excluding hydrogens is 264 g/mol. The van der Waals surface area contributed by atoms with Crippen LogP contribution in [0.4, 0.5) is 10.5 Å². The number of rotatable bonds is 1. The van der Waals surface area contributed by atoms with Gasteiger partial charge in [-0.15, -0.1) is 16.8 Å². The van der Waals surface area contributed by atoms with Gasteiger partial charge in [0, 0.05) is 5.69 Å². The molecule has 2 unspecified atom stereocenters. The van der Waals surface area contributed by atoms with Crippen LogP contribution in [0.25, 0.3) is 0 Å². The van der Waals surface area contributed by atoms with E-state index in [4.69, 9.17) is 0 Å². The van der Waals surface area contributed by atoms with E-state index < -0.39 is 17.9 Å². The van der Waals surface area contributed by atoms with E-state index in [1.165, 1.54) is 16.7 Å². The summed E-state index contributed by atoms with van der Waals surface area (Å²) in [5.74, 6) is -1.03. The summed E-state index contributed by atoms with van der Waals surface area (Å²) in [6, 6.07) is 8.35. The molecule has 2 aliphatic heterocycles. The molecule has 2 atom stereocenters. The van der Waals surface area contributed by atoms with Crippen molar-refractivity contribution in [2.75, 3.05) is 4.90 Å². The lowest BCUT2D eigenvalue weighted by Crippen LogP contribution is -2.59. The number of nitrogens with zero attached hydrogens (tertiary/aromatic N) is 2. The SMILES string of the molecule is CC1=CSC2C1C(=O)N(O)C(=O)N2c1ccccc1. The lowest BCUT2D eigenvalue weighted by Gasteiger charge is -2.39. The molecule has 1 saturated heterocycles. The number of carbonyl (C=O) groups is 2. The quantitative estimate of drug-likeness (QED) is 0.800. The molecule has 0 aromatic heterocycles. The first-order valence-corrected chi connectivity index (χ1v) is 6.79. The van der Waals surface area contributed by atoms with Gasteiger partial charge in [0.2, 0.25) is 0 Å². The lowest BCUT2D eigenvalue weighted by molar-refractivity contribution is -0.157. The minimum atomic E-state index is -0.701. The number of thioether (sulfide) groups is 1. The highest BCUT2D eigenvalue weighted by Crippen LogP contribution is 2.43. The zero-order valence-corrected chi connectivity index (χ0v) is 11.0. The maximum atomic E-state index is 12.1. The first kappa shape index (κ1) is 12.3. The topological polar surface area (TPSA) is 60.9 Å². The number of urea groups is 1. The number of anilines is 1. The normalized spacial score (nSPS) is 26.5. The van der Waals surface area contributed by atoms with E-state index in [1.54, 1.807) is 12.1 Å². The Morgan fingerprint density at radius 3 is 2.58 bits per heavy atom. The molecule has 2 aliphatic rings. The van der Waals surface area contributed by atoms with Crippen LogP contribution in [0.1, 0.15) is 6.92 Å². The summed E-state index contributed by atoms with van der Waals surface area (Å²) in [6.07, 6.45) is 0. The fourth-order valence-corrected chi connectivity index (χ4v) is 3.69. The first-order chi connectivity index (χ1) is 9.11. The summed E-state index contributed by atoms with van der Waals surface area (Å²) in [6.45, 7) is 1.84. The molecule has 1 fully saturated rings. The zero-order valence-electron chi connectivity index (χ0n) is 10.2. The predicted molar refractivity (Wildman–Crippen MR) is 71.6 cm³/mol. The Labute approximate surface area is 114 Å². The van der Waals surface area contributed by atoms with Crippen molar-refractivity contribution in [1.82, 2.24) is 5.06 Å². The standard InChI is InChI=1S/C13H12N2O3S/c1-8-7-19-12-10(8)11(16)15(18)13(17)14(12)9-5-3-2-4-6-9/h2-7,10,12,18H,1H3. The molecule has 0 bridgehead atoms. The third kappa shape index (κ3) is 1.75. The molecule has 0 spiro atoms. The molecule has 1 aromatic rings. The van der Waals surface area contributed by atoms with Gasteiger partial charge in [0.1, 0.15) is 5.37 Å². The van der Waals surface area contributed by atoms with Crippen molar-refractivity contribution >= 4 is 29.4 Å². The number of benzene rings is 1. The lowest BCUT2D eigenvalue weighted by atomic mass is 9.98. The van der Waals surface area contributed by atoms with Crippen molar-refractivity contribution in [1.29, 1.82) is 0 Å². The Bertz CT molecular complexity index is 573. The van der Waals surface area contributed by atoms with Gasteiger partial charge in [0.15, 0.2) is 0 Å². The zero-order chi connectivity index (χ0) is 13.6. The van der Waals surface area contributed by atoms with E-state index in [2.05, 4.69) is 0 Å². The average Bonchev–Trinajstić information content (AvgIpc) is 2.80. The number of imide groups is 1. The molecule has 5 nitrogen and oxygen atoms in total. The van der Waals surface area contributed by atoms with Crippen LogP contribution in [0.3, 0.4) is 0 Å². The second-order valence-corrected chi connectivity index (χ2v) is 5.50. The van der Waals surface area contributed by atoms with Gasteiger partial charge >= 0.3 is 6.03 Å². The molecular formula is C13H12N2O3S. The van der Waals surface area contributed by atoms with E-state index in [-0.39, 0.29) is 10.4 Å². The van der Waals surface area contributed by atoms with Crippen molar-refractivity contribution in [2.24, 2.45) is 5.92 Å². The van der Waals surface area contributed by atoms with Crippen molar-refractivity contribution in [3.63, 3.8) is 0 Å². The van der Waals surface area contributed by atoms with Crippen LogP contribution in [0.15, 0.2) is 41.3 Å². The van der Waals surface area contributed by atoms with Gasteiger partial charge in [-0.3, -0.25) is 14.9 Å². The average molecular weight is 276 g/mol. The molecule has 6 heteroatoms. The molecule has 0 radical (unpaired) electrons. The number of hydroxylamine groups is 2. The molecule has 2 heterocycles. The van der Waals surface area contributed by atoms with Gasteiger partial charge in [-0.05, 0) is 24.5 Å². The van der Waals surface area contributed by atoms with Crippen molar-refractivity contribution in [2.45, 2.75) is 12.3 Å². The maximum Gasteiger partial charge on any atom is 0.356 e. The number of para-hydroxylation sites is 1. The minimum Gasteiger partial charge on any atom is -0.278 e. The second-order valence-electron chi connectivity index (χ2n) is 4.50. The Balaban J connectivity index is 2.05. The Kier molecular flexibility index (Phi) is 2.83. The highest BCUT2D eigenvalue weighted by Gasteiger charge is 2.49. The molecule has 0 aliphatic carbocycles. The highest BCUT2D eigenvalue weighted by molar-refractivity contribution is 8.03. The van der Waals surface area contributed by atoms with Crippen LogP contribution in [-0.2, 0) is 4.79 Å². The minimum absolute atomic E-state index is 0.220. The van der Waals surface area contributed by atoms with Crippen LogP contribution < -0.4 is 4.90 Å². The largest absolute Gasteiger partial charge is 0.356 e. The second kappa shape index (κ2) is 4.40. The van der Waals surface area contributed by atoms with E-state index in [1.807, 2.05) is 30.5 Å².